The molecule has 0 N–H and O–H groups in total. The minimum atomic E-state index is 0.900. The van der Waals surface area contributed by atoms with E-state index in [1.165, 1.54) is 27.8 Å². The molecule has 88 valence electrons. The smallest absolute Gasteiger partial charge is 0.192 e. The van der Waals surface area contributed by atoms with Crippen molar-refractivity contribution < 1.29 is 3.07 Å². The molecule has 0 aliphatic heterocycles. The molecule has 2 aromatic rings. The van der Waals surface area contributed by atoms with Gasteiger partial charge in [-0.25, -0.2) is 0 Å². The van der Waals surface area contributed by atoms with Gasteiger partial charge in [-0.05, 0) is 55.2 Å². The third-order valence-corrected chi connectivity index (χ3v) is 3.48. The summed E-state index contributed by atoms with van der Waals surface area (Å²) in [5, 5.41) is 0. The molecule has 0 heterocycles. The predicted octanol–water partition coefficient (Wildman–Crippen LogP) is 5.01. The van der Waals surface area contributed by atoms with Gasteiger partial charge < -0.3 is 3.07 Å². The van der Waals surface area contributed by atoms with Crippen LogP contribution in [0.1, 0.15) is 16.7 Å². The predicted molar refractivity (Wildman–Crippen MR) is 80.7 cm³/mol. The van der Waals surface area contributed by atoms with E-state index >= 15 is 0 Å². The first-order valence-corrected chi connectivity index (χ1v) is 6.47. The van der Waals surface area contributed by atoms with Gasteiger partial charge in [-0.2, -0.15) is 0 Å². The highest BCUT2D eigenvalue weighted by Crippen LogP contribution is 2.30. The molecular formula is C15H15IO. The van der Waals surface area contributed by atoms with Gasteiger partial charge in [0.05, 0.1) is 0 Å². The summed E-state index contributed by atoms with van der Waals surface area (Å²) in [7, 11) is 0. The van der Waals surface area contributed by atoms with Gasteiger partial charge in [0.15, 0.2) is 23.0 Å². The lowest BCUT2D eigenvalue weighted by molar-refractivity contribution is 0.716. The van der Waals surface area contributed by atoms with E-state index in [1.807, 2.05) is 29.1 Å². The van der Waals surface area contributed by atoms with Crippen LogP contribution in [0.2, 0.25) is 0 Å². The second-order valence-electron chi connectivity index (χ2n) is 4.37. The van der Waals surface area contributed by atoms with E-state index in [1.54, 1.807) is 0 Å². The first-order chi connectivity index (χ1) is 8.11. The highest BCUT2D eigenvalue weighted by atomic mass is 127. The van der Waals surface area contributed by atoms with Gasteiger partial charge in [-0.1, -0.05) is 29.8 Å². The fourth-order valence-corrected chi connectivity index (χ4v) is 2.29. The zero-order chi connectivity index (χ0) is 12.4. The molecule has 1 nitrogen and oxygen atoms in total. The SMILES string of the molecule is Cc1ccc(C)c(-c2ccc(OI)cc2C)c1. The lowest BCUT2D eigenvalue weighted by atomic mass is 9.95. The molecule has 0 atom stereocenters. The molecular weight excluding hydrogens is 323 g/mol. The van der Waals surface area contributed by atoms with Crippen LogP contribution in [0.25, 0.3) is 11.1 Å². The number of benzene rings is 2. The minimum Gasteiger partial charge on any atom is -0.428 e. The zero-order valence-electron chi connectivity index (χ0n) is 10.3. The average molecular weight is 338 g/mol. The molecule has 0 amide bonds. The van der Waals surface area contributed by atoms with Gasteiger partial charge in [-0.15, -0.1) is 0 Å². The van der Waals surface area contributed by atoms with E-state index in [0.29, 0.717) is 0 Å². The minimum absolute atomic E-state index is 0.900. The lowest BCUT2D eigenvalue weighted by Gasteiger charge is -2.11. The van der Waals surface area contributed by atoms with Crippen molar-refractivity contribution in [2.45, 2.75) is 20.8 Å². The Hall–Kier alpha value is -1.03. The third-order valence-electron chi connectivity index (χ3n) is 2.97. The second kappa shape index (κ2) is 5.08. The molecule has 0 aliphatic rings. The zero-order valence-corrected chi connectivity index (χ0v) is 12.4. The van der Waals surface area contributed by atoms with Crippen LogP contribution in [0.4, 0.5) is 0 Å². The van der Waals surface area contributed by atoms with Crippen LogP contribution in [0.5, 0.6) is 5.75 Å². The van der Waals surface area contributed by atoms with E-state index in [-0.39, 0.29) is 0 Å². The highest BCUT2D eigenvalue weighted by molar-refractivity contribution is 14.1. The van der Waals surface area contributed by atoms with Crippen molar-refractivity contribution in [3.63, 3.8) is 0 Å². The van der Waals surface area contributed by atoms with Crippen molar-refractivity contribution in [1.29, 1.82) is 0 Å². The fraction of sp³-hybridized carbons (Fsp3) is 0.200. The van der Waals surface area contributed by atoms with Crippen LogP contribution in [0.15, 0.2) is 36.4 Å². The summed E-state index contributed by atoms with van der Waals surface area (Å²) in [6, 6.07) is 12.8. The Morgan fingerprint density at radius 3 is 2.24 bits per heavy atom. The summed E-state index contributed by atoms with van der Waals surface area (Å²) in [5.74, 6) is 0.900. The molecule has 2 rings (SSSR count). The maximum atomic E-state index is 5.21. The summed E-state index contributed by atoms with van der Waals surface area (Å²) in [4.78, 5) is 0. The fourth-order valence-electron chi connectivity index (χ4n) is 2.01. The molecule has 0 fully saturated rings. The van der Waals surface area contributed by atoms with Crippen molar-refractivity contribution in [2.75, 3.05) is 0 Å². The number of halogens is 1. The standard InChI is InChI=1S/C15H15IO/c1-10-4-5-11(2)15(8-10)14-7-6-13(17-16)9-12(14)3/h4-9H,1-3H3. The molecule has 0 spiro atoms. The Morgan fingerprint density at radius 1 is 0.824 bits per heavy atom. The topological polar surface area (TPSA) is 9.23 Å². The lowest BCUT2D eigenvalue weighted by Crippen LogP contribution is -1.88. The van der Waals surface area contributed by atoms with Gasteiger partial charge in [-0.3, -0.25) is 0 Å². The second-order valence-corrected chi connectivity index (χ2v) is 4.81. The van der Waals surface area contributed by atoms with Gasteiger partial charge >= 0.3 is 0 Å². The van der Waals surface area contributed by atoms with E-state index in [2.05, 4.69) is 51.1 Å². The molecule has 2 aromatic carbocycles. The monoisotopic (exact) mass is 338 g/mol. The molecule has 0 radical (unpaired) electrons. The molecule has 17 heavy (non-hydrogen) atoms. The number of hydrogen-bond acceptors (Lipinski definition) is 1. The first-order valence-electron chi connectivity index (χ1n) is 5.58. The molecule has 0 saturated carbocycles. The van der Waals surface area contributed by atoms with Crippen molar-refractivity contribution in [3.05, 3.63) is 53.1 Å². The van der Waals surface area contributed by atoms with Crippen LogP contribution in [0.3, 0.4) is 0 Å². The quantitative estimate of drug-likeness (QED) is 0.700. The Morgan fingerprint density at radius 2 is 1.59 bits per heavy atom. The maximum Gasteiger partial charge on any atom is 0.192 e. The summed E-state index contributed by atoms with van der Waals surface area (Å²) in [6.45, 7) is 6.40. The Kier molecular flexibility index (Phi) is 3.72. The van der Waals surface area contributed by atoms with Gasteiger partial charge in [0.2, 0.25) is 0 Å². The Bertz CT molecular complexity index is 547. The van der Waals surface area contributed by atoms with E-state index in [4.69, 9.17) is 3.07 Å². The van der Waals surface area contributed by atoms with Crippen molar-refractivity contribution in [1.82, 2.24) is 0 Å². The summed E-state index contributed by atoms with van der Waals surface area (Å²) < 4.78 is 5.21. The largest absolute Gasteiger partial charge is 0.428 e. The third kappa shape index (κ3) is 2.63. The normalized spacial score (nSPS) is 10.4. The summed E-state index contributed by atoms with van der Waals surface area (Å²) >= 11 is 1.91. The molecule has 0 aliphatic carbocycles. The maximum absolute atomic E-state index is 5.21. The highest BCUT2D eigenvalue weighted by Gasteiger charge is 2.06. The Labute approximate surface area is 117 Å². The molecule has 0 bridgehead atoms. The molecule has 2 heteroatoms. The van der Waals surface area contributed by atoms with E-state index < -0.39 is 0 Å². The van der Waals surface area contributed by atoms with Crippen molar-refractivity contribution in [2.24, 2.45) is 0 Å². The number of aryl methyl sites for hydroxylation is 3. The van der Waals surface area contributed by atoms with Gasteiger partial charge in [0.25, 0.3) is 0 Å². The van der Waals surface area contributed by atoms with E-state index in [0.717, 1.165) is 5.75 Å². The first kappa shape index (κ1) is 12.4. The van der Waals surface area contributed by atoms with Crippen LogP contribution < -0.4 is 3.07 Å². The van der Waals surface area contributed by atoms with Crippen molar-refractivity contribution in [3.8, 4) is 16.9 Å². The Balaban J connectivity index is 2.56. The summed E-state index contributed by atoms with van der Waals surface area (Å²) in [6.07, 6.45) is 0. The molecule has 0 aromatic heterocycles. The van der Waals surface area contributed by atoms with Crippen LogP contribution in [-0.2, 0) is 0 Å². The number of rotatable bonds is 2. The van der Waals surface area contributed by atoms with E-state index in [9.17, 15) is 0 Å². The summed E-state index contributed by atoms with van der Waals surface area (Å²) in [5.41, 5.74) is 6.43. The van der Waals surface area contributed by atoms with Crippen LogP contribution in [-0.4, -0.2) is 0 Å². The number of hydrogen-bond donors (Lipinski definition) is 0. The van der Waals surface area contributed by atoms with Crippen molar-refractivity contribution >= 4 is 23.0 Å². The van der Waals surface area contributed by atoms with Crippen LogP contribution >= 0.6 is 23.0 Å². The van der Waals surface area contributed by atoms with Crippen LogP contribution in [0, 0.1) is 20.8 Å². The molecule has 0 unspecified atom stereocenters. The van der Waals surface area contributed by atoms with Gasteiger partial charge in [0.1, 0.15) is 5.75 Å². The molecule has 0 saturated heterocycles. The average Bonchev–Trinajstić information content (AvgIpc) is 2.32. The van der Waals surface area contributed by atoms with Gasteiger partial charge in [0, 0.05) is 0 Å².